The number of aryl methyl sites for hydroxylation is 1. The van der Waals surface area contributed by atoms with Crippen molar-refractivity contribution in [1.29, 1.82) is 5.26 Å². The minimum Gasteiger partial charge on any atom is -0.410 e. The zero-order valence-electron chi connectivity index (χ0n) is 16.4. The first kappa shape index (κ1) is 19.3. The summed E-state index contributed by atoms with van der Waals surface area (Å²) in [5.74, 6) is 0.967. The molecule has 1 radical (unpaired) electrons. The molecule has 3 aromatic rings. The van der Waals surface area contributed by atoms with Gasteiger partial charge in [-0.3, -0.25) is 4.68 Å². The van der Waals surface area contributed by atoms with Gasteiger partial charge in [-0.05, 0) is 30.7 Å². The van der Waals surface area contributed by atoms with E-state index in [9.17, 15) is 14.9 Å². The molecule has 0 amide bonds. The number of hydrogen-bond acceptors (Lipinski definition) is 8. The van der Waals surface area contributed by atoms with Crippen molar-refractivity contribution in [3.05, 3.63) is 47.8 Å². The Labute approximate surface area is 173 Å². The maximum atomic E-state index is 11.9. The lowest BCUT2D eigenvalue weighted by molar-refractivity contribution is -0.111. The number of hydrogen-bond donors (Lipinski definition) is 1. The molecule has 10 heteroatoms. The zero-order chi connectivity index (χ0) is 21.3. The van der Waals surface area contributed by atoms with Crippen LogP contribution in [0.15, 0.2) is 36.7 Å². The number of benzene rings is 1. The normalized spacial score (nSPS) is 17.2. The highest BCUT2D eigenvalue weighted by molar-refractivity contribution is 6.70. The van der Waals surface area contributed by atoms with E-state index in [-0.39, 0.29) is 0 Å². The van der Waals surface area contributed by atoms with Crippen LogP contribution in [0.25, 0.3) is 11.3 Å². The number of aromatic nitrogens is 4. The van der Waals surface area contributed by atoms with Crippen molar-refractivity contribution in [3.63, 3.8) is 0 Å². The van der Waals surface area contributed by atoms with E-state index in [4.69, 9.17) is 0 Å². The molecule has 0 unspecified atom stereocenters. The number of fused-ring (bicyclic) bond motifs is 1. The molecule has 1 atom stereocenters. The van der Waals surface area contributed by atoms with Gasteiger partial charge in [0.05, 0.1) is 16.7 Å². The van der Waals surface area contributed by atoms with E-state index < -0.39 is 5.41 Å². The molecule has 147 valence electrons. The van der Waals surface area contributed by atoms with Gasteiger partial charge in [0.15, 0.2) is 5.82 Å². The Morgan fingerprint density at radius 3 is 2.83 bits per heavy atom. The number of aldehydes is 1. The van der Waals surface area contributed by atoms with Crippen molar-refractivity contribution >= 4 is 37.3 Å². The lowest BCUT2D eigenvalue weighted by atomic mass is 9.84. The minimum absolute atomic E-state index is 0.291. The molecule has 1 aromatic carbocycles. The highest BCUT2D eigenvalue weighted by Gasteiger charge is 2.40. The summed E-state index contributed by atoms with van der Waals surface area (Å²) < 4.78 is 1.66. The van der Waals surface area contributed by atoms with Gasteiger partial charge in [-0.15, -0.1) is 0 Å². The van der Waals surface area contributed by atoms with Crippen LogP contribution in [0.1, 0.15) is 18.1 Å². The highest BCUT2D eigenvalue weighted by atomic mass is 16.1. The van der Waals surface area contributed by atoms with Gasteiger partial charge in [0.1, 0.15) is 18.5 Å². The van der Waals surface area contributed by atoms with Crippen molar-refractivity contribution in [2.45, 2.75) is 12.3 Å². The Kier molecular flexibility index (Phi) is 4.79. The summed E-state index contributed by atoms with van der Waals surface area (Å²) in [5.41, 5.74) is 2.04. The molecule has 4 rings (SSSR count). The van der Waals surface area contributed by atoms with Crippen molar-refractivity contribution in [2.24, 2.45) is 7.05 Å². The SMILES string of the molecule is Cn1ccc(Nc2nccc(-c3cc(C#N)c4c(c3)[C@@](C)(C=O)CN4[B]C=O)n2)n1. The molecule has 9 nitrogen and oxygen atoms in total. The quantitative estimate of drug-likeness (QED) is 0.491. The zero-order valence-corrected chi connectivity index (χ0v) is 16.4. The summed E-state index contributed by atoms with van der Waals surface area (Å²) in [6, 6.07) is 9.25. The van der Waals surface area contributed by atoms with Gasteiger partial charge in [0.2, 0.25) is 5.95 Å². The van der Waals surface area contributed by atoms with Crippen LogP contribution < -0.4 is 10.1 Å². The summed E-state index contributed by atoms with van der Waals surface area (Å²) >= 11 is 0. The fourth-order valence-corrected chi connectivity index (χ4v) is 3.61. The summed E-state index contributed by atoms with van der Waals surface area (Å²) in [6.07, 6.45) is 4.91. The first-order chi connectivity index (χ1) is 14.5. The standard InChI is InChI=1S/C20H17BN7O2/c1-20(11-29)10-28(21-12-30)18-14(9-22)7-13(8-15(18)20)16-3-5-23-19(24-16)25-17-4-6-27(2)26-17/h3-8,11-12H,10H2,1-2H3,(H,23,24,25,26)/t20-/m1/s1. The number of anilines is 3. The Balaban J connectivity index is 1.79. The van der Waals surface area contributed by atoms with E-state index in [1.807, 2.05) is 13.1 Å². The van der Waals surface area contributed by atoms with Gasteiger partial charge in [-0.2, -0.15) is 10.4 Å². The minimum atomic E-state index is -0.849. The van der Waals surface area contributed by atoms with Crippen LogP contribution in [0.3, 0.4) is 0 Å². The molecule has 1 aliphatic rings. The molecule has 0 saturated heterocycles. The molecule has 0 aliphatic carbocycles. The predicted molar refractivity (Wildman–Crippen MR) is 112 cm³/mol. The molecule has 1 N–H and O–H groups in total. The van der Waals surface area contributed by atoms with Gasteiger partial charge < -0.3 is 19.7 Å². The average molecular weight is 398 g/mol. The molecule has 30 heavy (non-hydrogen) atoms. The lowest BCUT2D eigenvalue weighted by Gasteiger charge is -2.18. The second-order valence-corrected chi connectivity index (χ2v) is 7.25. The Hall–Kier alpha value is -4.00. The smallest absolute Gasteiger partial charge is 0.329 e. The van der Waals surface area contributed by atoms with Gasteiger partial charge in [-0.25, -0.2) is 9.97 Å². The van der Waals surface area contributed by atoms with Crippen molar-refractivity contribution < 1.29 is 9.59 Å². The number of carbonyl (C=O) groups excluding carboxylic acids is 2. The van der Waals surface area contributed by atoms with Crippen LogP contribution in [-0.2, 0) is 22.1 Å². The van der Waals surface area contributed by atoms with E-state index in [0.29, 0.717) is 52.6 Å². The third kappa shape index (κ3) is 3.30. The van der Waals surface area contributed by atoms with Crippen molar-refractivity contribution in [3.8, 4) is 17.3 Å². The van der Waals surface area contributed by atoms with Gasteiger partial charge in [0.25, 0.3) is 0 Å². The van der Waals surface area contributed by atoms with E-state index in [1.165, 1.54) is 7.41 Å². The van der Waals surface area contributed by atoms with Crippen LogP contribution in [0, 0.1) is 11.3 Å². The second-order valence-electron chi connectivity index (χ2n) is 7.25. The van der Waals surface area contributed by atoms with E-state index in [0.717, 1.165) is 6.29 Å². The number of rotatable bonds is 6. The number of nitrogens with zero attached hydrogens (tertiary/aromatic N) is 6. The van der Waals surface area contributed by atoms with E-state index in [1.54, 1.807) is 47.0 Å². The summed E-state index contributed by atoms with van der Waals surface area (Å²) in [7, 11) is 3.15. The Bertz CT molecular complexity index is 1190. The Morgan fingerprint density at radius 2 is 2.17 bits per heavy atom. The fourth-order valence-electron chi connectivity index (χ4n) is 3.61. The molecular weight excluding hydrogens is 381 g/mol. The van der Waals surface area contributed by atoms with Gasteiger partial charge in [-0.1, -0.05) is 0 Å². The number of carbonyl (C=O) groups is 2. The van der Waals surface area contributed by atoms with Crippen molar-refractivity contribution in [1.82, 2.24) is 19.7 Å². The van der Waals surface area contributed by atoms with E-state index >= 15 is 0 Å². The molecular formula is C20H17BN7O2. The molecule has 3 heterocycles. The highest BCUT2D eigenvalue weighted by Crippen LogP contribution is 2.43. The van der Waals surface area contributed by atoms with Crippen LogP contribution >= 0.6 is 0 Å². The van der Waals surface area contributed by atoms with Gasteiger partial charge >= 0.3 is 7.41 Å². The maximum absolute atomic E-state index is 11.9. The maximum Gasteiger partial charge on any atom is 0.329 e. The van der Waals surface area contributed by atoms with Crippen molar-refractivity contribution in [2.75, 3.05) is 16.7 Å². The number of nitrogens with one attached hydrogen (secondary N) is 1. The van der Waals surface area contributed by atoms with Crippen LogP contribution in [-0.4, -0.2) is 46.2 Å². The van der Waals surface area contributed by atoms with Crippen LogP contribution in [0.5, 0.6) is 0 Å². The molecule has 1 aliphatic heterocycles. The average Bonchev–Trinajstić information content (AvgIpc) is 3.29. The monoisotopic (exact) mass is 398 g/mol. The molecule has 2 aromatic heterocycles. The first-order valence-electron chi connectivity index (χ1n) is 9.18. The molecule has 0 bridgehead atoms. The van der Waals surface area contributed by atoms with E-state index in [2.05, 4.69) is 26.5 Å². The lowest BCUT2D eigenvalue weighted by Crippen LogP contribution is -2.35. The first-order valence-corrected chi connectivity index (χ1v) is 9.18. The fraction of sp³-hybridized carbons (Fsp3) is 0.200. The third-order valence-corrected chi connectivity index (χ3v) is 5.04. The molecule has 0 saturated carbocycles. The largest absolute Gasteiger partial charge is 0.410 e. The summed E-state index contributed by atoms with van der Waals surface area (Å²) in [5, 5.41) is 17.0. The second kappa shape index (κ2) is 7.44. The van der Waals surface area contributed by atoms with Gasteiger partial charge in [0, 0.05) is 43.3 Å². The van der Waals surface area contributed by atoms with Crippen LogP contribution in [0.4, 0.5) is 17.5 Å². The number of nitriles is 1. The summed E-state index contributed by atoms with van der Waals surface area (Å²) in [4.78, 5) is 33.3. The van der Waals surface area contributed by atoms with Crippen LogP contribution in [0.2, 0.25) is 0 Å². The molecule has 0 spiro atoms. The summed E-state index contributed by atoms with van der Waals surface area (Å²) in [6.45, 7) is 2.08. The third-order valence-electron chi connectivity index (χ3n) is 5.04. The topological polar surface area (TPSA) is 117 Å². The molecule has 0 fully saturated rings. The predicted octanol–water partition coefficient (Wildman–Crippen LogP) is 1.58. The Morgan fingerprint density at radius 1 is 1.33 bits per heavy atom.